The molecule has 1 aromatic heterocycles. The van der Waals surface area contributed by atoms with Crippen molar-refractivity contribution in [1.82, 2.24) is 35.4 Å². The number of phenolic OH excluding ortho intramolecular Hbond substituents is 2. The molecule has 6 amide bonds. The number of aromatic hydroxyl groups is 2. The highest BCUT2D eigenvalue weighted by Crippen LogP contribution is 2.49. The zero-order chi connectivity index (χ0) is 38.7. The van der Waals surface area contributed by atoms with Gasteiger partial charge in [0.2, 0.25) is 22.3 Å². The van der Waals surface area contributed by atoms with Crippen molar-refractivity contribution in [2.24, 2.45) is 11.1 Å². The number of urea groups is 1. The van der Waals surface area contributed by atoms with E-state index in [0.29, 0.717) is 0 Å². The molecule has 0 aliphatic carbocycles. The molecule has 4 saturated heterocycles. The largest absolute Gasteiger partial charge is 0.504 e. The first-order chi connectivity index (χ1) is 24.9. The molecule has 5 heterocycles. The first-order valence-corrected chi connectivity index (χ1v) is 17.6. The molecule has 4 aliphatic rings. The monoisotopic (exact) mass is 795 g/mol. The number of hydrogen-bond donors (Lipinski definition) is 7. The standard InChI is InChI=1S/C29H30ClN9O12S2/c1-28(2,24(46)47)51-35-16(13-9-52-26(31)32-13)20(43)33-17-22(45)37-10-29(25(48)49,53-23(17)37)38-5-6-39(27(38)50)34-19(42)11-7-36(8-11)21(44)12-3-4-14(40)18(41)15(12)30/h3-4,9,11,17,23,40-41H,5-8,10H2,1-2H3,(H2,31,32)(H,33,43)(H,34,42)(H,46,47)(H,48,49)/b35-16-/t17-,23-,29-/m1/s1. The van der Waals surface area contributed by atoms with Crippen LogP contribution in [0.2, 0.25) is 5.02 Å². The number of benzene rings is 1. The molecule has 4 fully saturated rings. The van der Waals surface area contributed by atoms with Crippen LogP contribution in [0.1, 0.15) is 29.9 Å². The molecule has 0 saturated carbocycles. The first-order valence-electron chi connectivity index (χ1n) is 15.5. The van der Waals surface area contributed by atoms with Crippen LogP contribution in [0.3, 0.4) is 0 Å². The minimum absolute atomic E-state index is 0.0547. The fraction of sp³-hybridized carbons (Fsp3) is 0.414. The predicted molar refractivity (Wildman–Crippen MR) is 182 cm³/mol. The summed E-state index contributed by atoms with van der Waals surface area (Å²) in [5.74, 6) is -7.61. The van der Waals surface area contributed by atoms with Crippen LogP contribution in [0.25, 0.3) is 0 Å². The zero-order valence-electron chi connectivity index (χ0n) is 27.5. The van der Waals surface area contributed by atoms with Crippen molar-refractivity contribution < 1.29 is 58.8 Å². The lowest BCUT2D eigenvalue weighted by molar-refractivity contribution is -0.161. The Morgan fingerprint density at radius 3 is 2.45 bits per heavy atom. The third kappa shape index (κ3) is 6.43. The molecular weight excluding hydrogens is 766 g/mol. The normalized spacial score (nSPS) is 23.0. The number of anilines is 1. The third-order valence-corrected chi connectivity index (χ3v) is 11.6. The van der Waals surface area contributed by atoms with Crippen molar-refractivity contribution in [3.8, 4) is 11.5 Å². The number of nitrogen functional groups attached to an aromatic ring is 1. The van der Waals surface area contributed by atoms with E-state index in [2.05, 4.69) is 20.9 Å². The molecule has 3 atom stereocenters. The first kappa shape index (κ1) is 37.2. The van der Waals surface area contributed by atoms with Gasteiger partial charge in [-0.05, 0) is 26.0 Å². The van der Waals surface area contributed by atoms with Crippen molar-refractivity contribution in [2.75, 3.05) is 38.5 Å². The van der Waals surface area contributed by atoms with Crippen LogP contribution >= 0.6 is 34.7 Å². The van der Waals surface area contributed by atoms with Crippen molar-refractivity contribution in [3.63, 3.8) is 0 Å². The van der Waals surface area contributed by atoms with Gasteiger partial charge in [0.1, 0.15) is 17.1 Å². The summed E-state index contributed by atoms with van der Waals surface area (Å²) in [7, 11) is 0. The van der Waals surface area contributed by atoms with Crippen LogP contribution in [0.15, 0.2) is 22.7 Å². The topological polar surface area (TPSA) is 298 Å². The third-order valence-electron chi connectivity index (χ3n) is 8.88. The number of phenols is 2. The number of hydrogen-bond acceptors (Lipinski definition) is 15. The summed E-state index contributed by atoms with van der Waals surface area (Å²) in [6.07, 6.45) is 0. The van der Waals surface area contributed by atoms with Crippen molar-refractivity contribution in [2.45, 2.75) is 35.7 Å². The number of aliphatic carboxylic acids is 2. The lowest BCUT2D eigenvalue weighted by atomic mass is 9.98. The second kappa shape index (κ2) is 13.5. The Balaban J connectivity index is 1.09. The predicted octanol–water partition coefficient (Wildman–Crippen LogP) is -0.904. The number of nitrogens with one attached hydrogen (secondary N) is 2. The second-order valence-electron chi connectivity index (χ2n) is 12.7. The van der Waals surface area contributed by atoms with E-state index in [1.807, 2.05) is 0 Å². The number of carbonyl (C=O) groups excluding carboxylic acids is 5. The zero-order valence-corrected chi connectivity index (χ0v) is 29.9. The molecule has 1 aromatic carbocycles. The number of amides is 6. The molecule has 0 spiro atoms. The number of nitrogens with two attached hydrogens (primary N) is 1. The Labute approximate surface area is 311 Å². The molecule has 282 valence electrons. The molecule has 4 aliphatic heterocycles. The van der Waals surface area contributed by atoms with Gasteiger partial charge < -0.3 is 46.1 Å². The molecule has 0 unspecified atom stereocenters. The van der Waals surface area contributed by atoms with Gasteiger partial charge in [-0.15, -0.1) is 11.3 Å². The van der Waals surface area contributed by atoms with E-state index >= 15 is 0 Å². The smallest absolute Gasteiger partial charge is 0.350 e. The second-order valence-corrected chi connectivity index (χ2v) is 15.4. The number of aromatic nitrogens is 1. The van der Waals surface area contributed by atoms with Crippen LogP contribution in [0, 0.1) is 5.92 Å². The highest BCUT2D eigenvalue weighted by Gasteiger charge is 2.66. The number of nitrogens with zero attached hydrogens (tertiary/aromatic N) is 6. The fourth-order valence-electron chi connectivity index (χ4n) is 5.72. The van der Waals surface area contributed by atoms with Crippen molar-refractivity contribution in [1.29, 1.82) is 0 Å². The number of likely N-dealkylation sites (tertiary alicyclic amines) is 1. The van der Waals surface area contributed by atoms with Crippen LogP contribution in [-0.2, 0) is 28.8 Å². The number of halogens is 1. The van der Waals surface area contributed by atoms with E-state index in [9.17, 15) is 54.0 Å². The van der Waals surface area contributed by atoms with Gasteiger partial charge in [-0.3, -0.25) is 29.5 Å². The van der Waals surface area contributed by atoms with E-state index in [0.717, 1.165) is 39.1 Å². The SMILES string of the molecule is CC(C)(O/N=C(\C(=O)N[C@@H]1C(=O)N2C[C@@](C(=O)O)(N3CCN(NC(=O)C4CN(C(=O)c5ccc(O)c(O)c5Cl)C4)C3=O)S[C@H]12)c1csc(N)n1)C(=O)O. The summed E-state index contributed by atoms with van der Waals surface area (Å²) in [6, 6.07) is 0.179. The van der Waals surface area contributed by atoms with Crippen LogP contribution in [-0.4, -0.2) is 147 Å². The number of thioether (sulfide) groups is 1. The van der Waals surface area contributed by atoms with Gasteiger partial charge in [-0.1, -0.05) is 28.5 Å². The number of rotatable bonds is 11. The Morgan fingerprint density at radius 1 is 1.13 bits per heavy atom. The van der Waals surface area contributed by atoms with Crippen molar-refractivity contribution in [3.05, 3.63) is 33.8 Å². The number of carbonyl (C=O) groups is 7. The summed E-state index contributed by atoms with van der Waals surface area (Å²) in [4.78, 5) is 101. The van der Waals surface area contributed by atoms with Gasteiger partial charge in [0.25, 0.3) is 11.8 Å². The number of fused-ring (bicyclic) bond motifs is 1. The maximum absolute atomic E-state index is 13.5. The minimum Gasteiger partial charge on any atom is -0.504 e. The maximum Gasteiger partial charge on any atom is 0.350 e. The quantitative estimate of drug-likeness (QED) is 0.0627. The van der Waals surface area contributed by atoms with Gasteiger partial charge in [-0.25, -0.2) is 24.4 Å². The van der Waals surface area contributed by atoms with E-state index in [1.165, 1.54) is 35.1 Å². The molecule has 21 nitrogen and oxygen atoms in total. The average molecular weight is 796 g/mol. The minimum atomic E-state index is -2.00. The van der Waals surface area contributed by atoms with E-state index in [-0.39, 0.29) is 47.6 Å². The Morgan fingerprint density at radius 2 is 1.83 bits per heavy atom. The molecule has 0 bridgehead atoms. The Kier molecular flexibility index (Phi) is 9.45. The summed E-state index contributed by atoms with van der Waals surface area (Å²) < 4.78 is 0. The van der Waals surface area contributed by atoms with Gasteiger partial charge >= 0.3 is 18.0 Å². The number of β-lactam (4-membered cyclic amide) rings is 1. The highest BCUT2D eigenvalue weighted by atomic mass is 35.5. The molecule has 0 radical (unpaired) electrons. The summed E-state index contributed by atoms with van der Waals surface area (Å²) in [6.45, 7) is 1.57. The summed E-state index contributed by atoms with van der Waals surface area (Å²) >= 11 is 7.67. The lowest BCUT2D eigenvalue weighted by Crippen LogP contribution is -2.68. The maximum atomic E-state index is 13.5. The average Bonchev–Trinajstić information content (AvgIpc) is 3.77. The summed E-state index contributed by atoms with van der Waals surface area (Å²) in [5, 5.41) is 46.4. The molecule has 2 aromatic rings. The van der Waals surface area contributed by atoms with Gasteiger partial charge in [-0.2, -0.15) is 0 Å². The van der Waals surface area contributed by atoms with Gasteiger partial charge in [0, 0.05) is 25.0 Å². The van der Waals surface area contributed by atoms with Gasteiger partial charge in [0.05, 0.1) is 29.6 Å². The van der Waals surface area contributed by atoms with E-state index in [1.54, 1.807) is 0 Å². The number of oxime groups is 1. The van der Waals surface area contributed by atoms with E-state index in [4.69, 9.17) is 22.2 Å². The molecule has 53 heavy (non-hydrogen) atoms. The Bertz CT molecular complexity index is 1990. The van der Waals surface area contributed by atoms with Crippen LogP contribution in [0.5, 0.6) is 11.5 Å². The van der Waals surface area contributed by atoms with Gasteiger partial charge in [0.15, 0.2) is 22.3 Å². The van der Waals surface area contributed by atoms with E-state index < -0.39 is 93.2 Å². The fourth-order valence-corrected chi connectivity index (χ4v) is 8.14. The number of hydrazine groups is 1. The summed E-state index contributed by atoms with van der Waals surface area (Å²) in [5.41, 5.74) is 5.66. The van der Waals surface area contributed by atoms with Crippen LogP contribution < -0.4 is 16.5 Å². The molecular formula is C29H30ClN9O12S2. The number of carboxylic acids is 2. The molecule has 24 heteroatoms. The Hall–Kier alpha value is -5.55. The number of carboxylic acid groups (broad SMARTS) is 2. The van der Waals surface area contributed by atoms with Crippen molar-refractivity contribution >= 4 is 87.1 Å². The lowest BCUT2D eigenvalue weighted by Gasteiger charge is -2.41. The highest BCUT2D eigenvalue weighted by molar-refractivity contribution is 8.02. The molecule has 6 rings (SSSR count). The molecule has 8 N–H and O–H groups in total. The number of thiazole rings is 1. The van der Waals surface area contributed by atoms with Crippen LogP contribution in [0.4, 0.5) is 9.93 Å².